The second kappa shape index (κ2) is 9.30. The number of hydrogen-bond acceptors (Lipinski definition) is 5. The van der Waals surface area contributed by atoms with Gasteiger partial charge in [0.25, 0.3) is 11.8 Å². The second-order valence-electron chi connectivity index (χ2n) is 8.13. The van der Waals surface area contributed by atoms with Crippen molar-refractivity contribution < 1.29 is 14.3 Å². The maximum absolute atomic E-state index is 13.6. The second-order valence-corrected chi connectivity index (χ2v) is 8.57. The van der Waals surface area contributed by atoms with E-state index < -0.39 is 0 Å². The number of ether oxygens (including phenoxy) is 1. The van der Waals surface area contributed by atoms with Gasteiger partial charge in [-0.05, 0) is 43.9 Å². The third kappa shape index (κ3) is 4.15. The fourth-order valence-electron chi connectivity index (χ4n) is 4.28. The van der Waals surface area contributed by atoms with Crippen LogP contribution in [0.4, 0.5) is 5.82 Å². The molecule has 2 aliphatic heterocycles. The highest BCUT2D eigenvalue weighted by atomic mass is 35.5. The van der Waals surface area contributed by atoms with Crippen LogP contribution in [0.5, 0.6) is 11.8 Å². The summed E-state index contributed by atoms with van der Waals surface area (Å²) in [5.41, 5.74) is 0.458. The van der Waals surface area contributed by atoms with Crippen molar-refractivity contribution >= 4 is 29.2 Å². The van der Waals surface area contributed by atoms with Crippen LogP contribution in [0, 0.1) is 0 Å². The SMILES string of the molecule is CCCCN1C(=O)c2c(nc(Oc3cccc(Cl)c3)n2CCCC)N2CCC[C@H]2C1=O. The molecular formula is C23H29ClN4O3. The lowest BCUT2D eigenvalue weighted by molar-refractivity contribution is -0.129. The zero-order chi connectivity index (χ0) is 22.0. The summed E-state index contributed by atoms with van der Waals surface area (Å²) in [6.07, 6.45) is 5.17. The zero-order valence-corrected chi connectivity index (χ0v) is 18.9. The minimum absolute atomic E-state index is 0.103. The van der Waals surface area contributed by atoms with Gasteiger partial charge in [0.2, 0.25) is 0 Å². The molecule has 0 saturated carbocycles. The Bertz CT molecular complexity index is 974. The largest absolute Gasteiger partial charge is 0.425 e. The summed E-state index contributed by atoms with van der Waals surface area (Å²) in [6, 6.07) is 7.16. The van der Waals surface area contributed by atoms with Crippen LogP contribution in [0.3, 0.4) is 0 Å². The number of imidazole rings is 1. The van der Waals surface area contributed by atoms with Crippen molar-refractivity contribution in [3.05, 3.63) is 35.0 Å². The number of halogens is 1. The third-order valence-corrected chi connectivity index (χ3v) is 6.15. The van der Waals surface area contributed by atoms with Crippen LogP contribution in [0.1, 0.15) is 62.9 Å². The highest BCUT2D eigenvalue weighted by Crippen LogP contribution is 2.37. The quantitative estimate of drug-likeness (QED) is 0.543. The van der Waals surface area contributed by atoms with Gasteiger partial charge in [-0.25, -0.2) is 0 Å². The van der Waals surface area contributed by atoms with E-state index in [2.05, 4.69) is 13.8 Å². The molecule has 0 spiro atoms. The fourth-order valence-corrected chi connectivity index (χ4v) is 4.46. The molecule has 2 aromatic rings. The Kier molecular flexibility index (Phi) is 6.51. The molecule has 0 bridgehead atoms. The van der Waals surface area contributed by atoms with E-state index in [4.69, 9.17) is 21.3 Å². The molecule has 1 fully saturated rings. The van der Waals surface area contributed by atoms with E-state index in [1.165, 1.54) is 4.90 Å². The molecule has 4 rings (SSSR count). The van der Waals surface area contributed by atoms with Crippen LogP contribution in [0.2, 0.25) is 5.02 Å². The molecule has 0 N–H and O–H groups in total. The van der Waals surface area contributed by atoms with Crippen LogP contribution >= 0.6 is 11.6 Å². The number of carbonyl (C=O) groups is 2. The van der Waals surface area contributed by atoms with Gasteiger partial charge in [0.15, 0.2) is 11.5 Å². The van der Waals surface area contributed by atoms with Crippen LogP contribution in [0.15, 0.2) is 24.3 Å². The molecule has 166 valence electrons. The van der Waals surface area contributed by atoms with Gasteiger partial charge in [-0.3, -0.25) is 19.1 Å². The number of aromatic nitrogens is 2. The molecule has 0 unspecified atom stereocenters. The number of benzene rings is 1. The predicted octanol–water partition coefficient (Wildman–Crippen LogP) is 4.88. The number of rotatable bonds is 8. The van der Waals surface area contributed by atoms with Gasteiger partial charge >= 0.3 is 6.01 Å². The number of hydrogen-bond donors (Lipinski definition) is 0. The predicted molar refractivity (Wildman–Crippen MR) is 120 cm³/mol. The topological polar surface area (TPSA) is 67.7 Å². The molecule has 0 aliphatic carbocycles. The number of imide groups is 1. The first-order valence-corrected chi connectivity index (χ1v) is 11.6. The lowest BCUT2D eigenvalue weighted by atomic mass is 10.2. The Morgan fingerprint density at radius 2 is 1.94 bits per heavy atom. The number of nitrogens with zero attached hydrogens (tertiary/aromatic N) is 4. The Labute approximate surface area is 187 Å². The first-order chi connectivity index (χ1) is 15.0. The number of unbranched alkanes of at least 4 members (excludes halogenated alkanes) is 2. The van der Waals surface area contributed by atoms with E-state index in [1.807, 2.05) is 21.6 Å². The van der Waals surface area contributed by atoms with Gasteiger partial charge < -0.3 is 9.64 Å². The molecule has 31 heavy (non-hydrogen) atoms. The van der Waals surface area contributed by atoms with E-state index in [9.17, 15) is 9.59 Å². The van der Waals surface area contributed by atoms with Crippen molar-refractivity contribution in [2.75, 3.05) is 18.0 Å². The van der Waals surface area contributed by atoms with Gasteiger partial charge in [-0.2, -0.15) is 4.98 Å². The molecule has 7 nitrogen and oxygen atoms in total. The molecule has 3 heterocycles. The molecule has 0 radical (unpaired) electrons. The van der Waals surface area contributed by atoms with Crippen molar-refractivity contribution in [1.82, 2.24) is 14.5 Å². The third-order valence-electron chi connectivity index (χ3n) is 5.91. The normalized spacial score (nSPS) is 18.2. The van der Waals surface area contributed by atoms with Crippen LogP contribution < -0.4 is 9.64 Å². The van der Waals surface area contributed by atoms with Crippen molar-refractivity contribution in [2.45, 2.75) is 65.0 Å². The average molecular weight is 445 g/mol. The smallest absolute Gasteiger partial charge is 0.304 e. The van der Waals surface area contributed by atoms with Gasteiger partial charge in [0.05, 0.1) is 0 Å². The highest BCUT2D eigenvalue weighted by molar-refractivity contribution is 6.30. The van der Waals surface area contributed by atoms with Crippen LogP contribution in [-0.2, 0) is 11.3 Å². The monoisotopic (exact) mass is 444 g/mol. The number of amides is 2. The average Bonchev–Trinajstić information content (AvgIpc) is 3.35. The Morgan fingerprint density at radius 3 is 2.68 bits per heavy atom. The Hall–Kier alpha value is -2.54. The first kappa shape index (κ1) is 21.7. The number of carbonyl (C=O) groups excluding carboxylic acids is 2. The van der Waals surface area contributed by atoms with E-state index in [1.54, 1.807) is 12.1 Å². The van der Waals surface area contributed by atoms with Crippen molar-refractivity contribution in [2.24, 2.45) is 0 Å². The maximum Gasteiger partial charge on any atom is 0.304 e. The lowest BCUT2D eigenvalue weighted by Crippen LogP contribution is -2.46. The fraction of sp³-hybridized carbons (Fsp3) is 0.522. The highest BCUT2D eigenvalue weighted by Gasteiger charge is 2.45. The summed E-state index contributed by atoms with van der Waals surface area (Å²) in [5.74, 6) is 0.753. The first-order valence-electron chi connectivity index (χ1n) is 11.2. The number of fused-ring (bicyclic) bond motifs is 3. The minimum Gasteiger partial charge on any atom is -0.425 e. The molecule has 1 saturated heterocycles. The van der Waals surface area contributed by atoms with Gasteiger partial charge in [0.1, 0.15) is 11.8 Å². The van der Waals surface area contributed by atoms with Gasteiger partial charge in [-0.1, -0.05) is 44.4 Å². The molecular weight excluding hydrogens is 416 g/mol. The van der Waals surface area contributed by atoms with Crippen molar-refractivity contribution in [3.63, 3.8) is 0 Å². The summed E-state index contributed by atoms with van der Waals surface area (Å²) < 4.78 is 7.95. The van der Waals surface area contributed by atoms with Gasteiger partial charge in [0, 0.05) is 24.7 Å². The van der Waals surface area contributed by atoms with Crippen molar-refractivity contribution in [1.29, 1.82) is 0 Å². The van der Waals surface area contributed by atoms with Gasteiger partial charge in [-0.15, -0.1) is 0 Å². The lowest BCUT2D eigenvalue weighted by Gasteiger charge is -2.25. The molecule has 2 amide bonds. The standard InChI is InChI=1S/C23H29ClN4O3/c1-3-5-12-27-19-20(25-23(27)31-17-10-7-9-16(24)15-17)26-14-8-11-18(26)21(29)28(22(19)30)13-6-4-2/h7,9-10,15,18H,3-6,8,11-14H2,1-2H3/t18-/m0/s1. The Balaban J connectivity index is 1.81. The van der Waals surface area contributed by atoms with Crippen LogP contribution in [-0.4, -0.2) is 45.4 Å². The zero-order valence-electron chi connectivity index (χ0n) is 18.1. The van der Waals surface area contributed by atoms with E-state index in [-0.39, 0.29) is 17.9 Å². The summed E-state index contributed by atoms with van der Waals surface area (Å²) in [5, 5.41) is 0.567. The molecule has 8 heteroatoms. The maximum atomic E-state index is 13.6. The van der Waals surface area contributed by atoms with Crippen LogP contribution in [0.25, 0.3) is 0 Å². The Morgan fingerprint density at radius 1 is 1.16 bits per heavy atom. The summed E-state index contributed by atoms with van der Waals surface area (Å²) in [4.78, 5) is 35.0. The minimum atomic E-state index is -0.337. The molecule has 1 atom stereocenters. The summed E-state index contributed by atoms with van der Waals surface area (Å²) >= 11 is 6.12. The summed E-state index contributed by atoms with van der Waals surface area (Å²) in [6.45, 7) is 5.89. The van der Waals surface area contributed by atoms with E-state index >= 15 is 0 Å². The molecule has 2 aliphatic rings. The molecule has 1 aromatic heterocycles. The summed E-state index contributed by atoms with van der Waals surface area (Å²) in [7, 11) is 0. The van der Waals surface area contributed by atoms with E-state index in [0.717, 1.165) is 38.5 Å². The van der Waals surface area contributed by atoms with Crippen molar-refractivity contribution in [3.8, 4) is 11.8 Å². The molecule has 1 aromatic carbocycles. The van der Waals surface area contributed by atoms with E-state index in [0.29, 0.717) is 47.9 Å². The number of anilines is 1.